The molecule has 2 heterocycles. The van der Waals surface area contributed by atoms with Crippen LogP contribution in [0.4, 0.5) is 14.5 Å². The molecule has 0 saturated carbocycles. The molecule has 0 aliphatic carbocycles. The molecule has 2 aromatic rings. The number of hydrogen-bond acceptors (Lipinski definition) is 5. The average molecular weight is 496 g/mol. The topological polar surface area (TPSA) is 84.3 Å². The third-order valence-electron chi connectivity index (χ3n) is 5.66. The van der Waals surface area contributed by atoms with Crippen LogP contribution >= 0.6 is 15.9 Å². The Kier molecular flexibility index (Phi) is 5.96. The van der Waals surface area contributed by atoms with Gasteiger partial charge >= 0.3 is 0 Å². The van der Waals surface area contributed by atoms with E-state index in [9.17, 15) is 28.7 Å². The highest BCUT2D eigenvalue weighted by Crippen LogP contribution is 2.34. The van der Waals surface area contributed by atoms with Gasteiger partial charge in [-0.25, -0.2) is 8.78 Å². The number of rotatable bonds is 4. The third kappa shape index (κ3) is 3.90. The molecule has 2 aliphatic heterocycles. The van der Waals surface area contributed by atoms with Crippen LogP contribution in [0.5, 0.6) is 0 Å². The van der Waals surface area contributed by atoms with Crippen molar-refractivity contribution in [2.75, 3.05) is 24.6 Å². The number of aliphatic hydroxyl groups is 1. The van der Waals surface area contributed by atoms with Crippen molar-refractivity contribution in [3.8, 4) is 0 Å². The first kappa shape index (κ1) is 21.7. The Bertz CT molecular complexity index is 1010. The lowest BCUT2D eigenvalue weighted by molar-refractivity contribution is -0.168. The molecule has 4 rings (SSSR count). The molecule has 31 heavy (non-hydrogen) atoms. The number of hydroxylamine groups is 2. The summed E-state index contributed by atoms with van der Waals surface area (Å²) in [5.74, 6) is -3.95. The second-order valence-corrected chi connectivity index (χ2v) is 8.47. The molecule has 2 aliphatic rings. The van der Waals surface area contributed by atoms with E-state index >= 15 is 0 Å². The molecule has 2 amide bonds. The molecule has 2 aromatic carbocycles. The summed E-state index contributed by atoms with van der Waals surface area (Å²) >= 11 is 3.29. The molecule has 164 valence electrons. The maximum absolute atomic E-state index is 14.9. The van der Waals surface area contributed by atoms with Crippen LogP contribution in [-0.4, -0.2) is 57.8 Å². The molecule has 0 bridgehead atoms. The highest BCUT2D eigenvalue weighted by molar-refractivity contribution is 9.10. The van der Waals surface area contributed by atoms with Gasteiger partial charge in [-0.15, -0.1) is 0 Å². The van der Waals surface area contributed by atoms with E-state index in [1.54, 1.807) is 29.2 Å². The average Bonchev–Trinajstić information content (AvgIpc) is 3.32. The van der Waals surface area contributed by atoms with Gasteiger partial charge < -0.3 is 14.9 Å². The molecule has 2 saturated heterocycles. The predicted molar refractivity (Wildman–Crippen MR) is 110 cm³/mol. The van der Waals surface area contributed by atoms with Gasteiger partial charge in [0.2, 0.25) is 0 Å². The Morgan fingerprint density at radius 3 is 2.55 bits per heavy atom. The van der Waals surface area contributed by atoms with Gasteiger partial charge in [0.25, 0.3) is 11.8 Å². The summed E-state index contributed by atoms with van der Waals surface area (Å²) in [5.41, 5.74) is -0.157. The van der Waals surface area contributed by atoms with Gasteiger partial charge in [-0.1, -0.05) is 28.1 Å². The van der Waals surface area contributed by atoms with Crippen LogP contribution in [0.2, 0.25) is 0 Å². The minimum absolute atomic E-state index is 0.138. The molecule has 0 aromatic heterocycles. The lowest BCUT2D eigenvalue weighted by Gasteiger charge is -2.28. The number of carbonyl (C=O) groups excluding carboxylic acids is 2. The summed E-state index contributed by atoms with van der Waals surface area (Å²) in [4.78, 5) is 27.8. The van der Waals surface area contributed by atoms with Crippen molar-refractivity contribution in [3.63, 3.8) is 0 Å². The third-order valence-corrected chi connectivity index (χ3v) is 6.15. The van der Waals surface area contributed by atoms with Crippen molar-refractivity contribution in [3.05, 3.63) is 63.6 Å². The molecular weight excluding hydrogens is 476 g/mol. The molecule has 2 fully saturated rings. The largest absolute Gasteiger partial charge is 0.394 e. The number of halogens is 3. The van der Waals surface area contributed by atoms with Gasteiger partial charge in [0.15, 0.2) is 6.17 Å². The maximum Gasteiger partial charge on any atom is 0.267 e. The second-order valence-electron chi connectivity index (χ2n) is 7.56. The summed E-state index contributed by atoms with van der Waals surface area (Å²) in [5, 5.41) is 20.1. The summed E-state index contributed by atoms with van der Waals surface area (Å²) in [7, 11) is 0. The van der Waals surface area contributed by atoms with E-state index in [1.807, 2.05) is 0 Å². The van der Waals surface area contributed by atoms with Crippen molar-refractivity contribution in [1.29, 1.82) is 0 Å². The smallest absolute Gasteiger partial charge is 0.267 e. The molecule has 7 nitrogen and oxygen atoms in total. The first-order valence-electron chi connectivity index (χ1n) is 9.75. The van der Waals surface area contributed by atoms with Gasteiger partial charge in [0.05, 0.1) is 12.6 Å². The first-order valence-corrected chi connectivity index (χ1v) is 10.5. The molecular formula is C21H20BrF2N3O4. The summed E-state index contributed by atoms with van der Waals surface area (Å²) in [6, 6.07) is 8.47. The van der Waals surface area contributed by atoms with E-state index < -0.39 is 41.7 Å². The molecule has 10 heteroatoms. The van der Waals surface area contributed by atoms with Gasteiger partial charge in [0.1, 0.15) is 23.7 Å². The number of carbonyl (C=O) groups is 2. The number of hydrogen-bond donors (Lipinski definition) is 2. The Hall–Kier alpha value is -2.56. The lowest BCUT2D eigenvalue weighted by Crippen LogP contribution is -2.36. The Morgan fingerprint density at radius 1 is 1.19 bits per heavy atom. The summed E-state index contributed by atoms with van der Waals surface area (Å²) in [6.45, 7) is -0.116. The SMILES string of the molecule is O=C1CN(C(=O)c2c(F)cc(N3CCC[C@H]3CO)cc2F)C(c2cccc(Br)c2)N1O. The van der Waals surface area contributed by atoms with Crippen LogP contribution in [0, 0.1) is 11.6 Å². The van der Waals surface area contributed by atoms with Crippen molar-refractivity contribution in [2.45, 2.75) is 25.0 Å². The van der Waals surface area contributed by atoms with Crippen LogP contribution < -0.4 is 4.90 Å². The van der Waals surface area contributed by atoms with Crippen LogP contribution in [0.15, 0.2) is 40.9 Å². The van der Waals surface area contributed by atoms with Crippen LogP contribution in [0.1, 0.15) is 34.9 Å². The highest BCUT2D eigenvalue weighted by atomic mass is 79.9. The zero-order valence-electron chi connectivity index (χ0n) is 16.3. The van der Waals surface area contributed by atoms with Crippen LogP contribution in [-0.2, 0) is 4.79 Å². The molecule has 0 spiro atoms. The second kappa shape index (κ2) is 8.52. The normalized spacial score (nSPS) is 21.3. The quantitative estimate of drug-likeness (QED) is 0.636. The van der Waals surface area contributed by atoms with Gasteiger partial charge in [-0.3, -0.25) is 14.8 Å². The standard InChI is InChI=1S/C21H20BrF2N3O4/c22-13-4-1-3-12(7-13)20-26(10-18(29)27(20)31)21(30)19-16(23)8-15(9-17(19)24)25-6-2-5-14(25)11-28/h1,3-4,7-9,14,20,28,31H,2,5-6,10-11H2/t14-,20?/m0/s1. The Labute approximate surface area is 185 Å². The number of aliphatic hydroxyl groups excluding tert-OH is 1. The first-order chi connectivity index (χ1) is 14.8. The Morgan fingerprint density at radius 2 is 1.90 bits per heavy atom. The fourth-order valence-corrected chi connectivity index (χ4v) is 4.60. The predicted octanol–water partition coefficient (Wildman–Crippen LogP) is 3.06. The molecule has 0 radical (unpaired) electrons. The molecule has 2 atom stereocenters. The van der Waals surface area contributed by atoms with Crippen LogP contribution in [0.25, 0.3) is 0 Å². The van der Waals surface area contributed by atoms with E-state index in [1.165, 1.54) is 0 Å². The van der Waals surface area contributed by atoms with Gasteiger partial charge in [0, 0.05) is 16.7 Å². The van der Waals surface area contributed by atoms with Crippen LogP contribution in [0.3, 0.4) is 0 Å². The lowest BCUT2D eigenvalue weighted by atomic mass is 10.1. The fraction of sp³-hybridized carbons (Fsp3) is 0.333. The minimum Gasteiger partial charge on any atom is -0.394 e. The fourth-order valence-electron chi connectivity index (χ4n) is 4.18. The van der Waals surface area contributed by atoms with Gasteiger partial charge in [-0.05, 0) is 42.7 Å². The number of nitrogens with zero attached hydrogens (tertiary/aromatic N) is 3. The Balaban J connectivity index is 1.69. The monoisotopic (exact) mass is 495 g/mol. The maximum atomic E-state index is 14.9. The van der Waals surface area contributed by atoms with E-state index in [0.717, 1.165) is 23.5 Å². The van der Waals surface area contributed by atoms with E-state index in [0.29, 0.717) is 28.1 Å². The van der Waals surface area contributed by atoms with E-state index in [-0.39, 0.29) is 18.3 Å². The zero-order chi connectivity index (χ0) is 22.3. The minimum atomic E-state index is -1.21. The van der Waals surface area contributed by atoms with E-state index in [2.05, 4.69) is 15.9 Å². The molecule has 1 unspecified atom stereocenters. The number of benzene rings is 2. The highest BCUT2D eigenvalue weighted by Gasteiger charge is 2.43. The van der Waals surface area contributed by atoms with Gasteiger partial charge in [-0.2, -0.15) is 5.06 Å². The van der Waals surface area contributed by atoms with Crippen molar-refractivity contribution in [2.24, 2.45) is 0 Å². The number of amides is 2. The summed E-state index contributed by atoms with van der Waals surface area (Å²) < 4.78 is 30.5. The van der Waals surface area contributed by atoms with E-state index in [4.69, 9.17) is 0 Å². The van der Waals surface area contributed by atoms with Crippen molar-refractivity contribution < 1.29 is 28.7 Å². The zero-order valence-corrected chi connectivity index (χ0v) is 17.9. The number of anilines is 1. The molecule has 2 N–H and O–H groups in total. The van der Waals surface area contributed by atoms with Crippen molar-refractivity contribution >= 4 is 33.4 Å². The summed E-state index contributed by atoms with van der Waals surface area (Å²) in [6.07, 6.45) is 0.274. The van der Waals surface area contributed by atoms with Crippen molar-refractivity contribution in [1.82, 2.24) is 9.96 Å².